The highest BCUT2D eigenvalue weighted by Gasteiger charge is 2.16. The van der Waals surface area contributed by atoms with E-state index in [1.165, 1.54) is 19.3 Å². The number of benzene rings is 3. The molecule has 0 atom stereocenters. The highest BCUT2D eigenvalue weighted by atomic mass is 16.2. The largest absolute Gasteiger partial charge is 0.376 e. The Bertz CT molecular complexity index is 1160. The number of nitrogens with one attached hydrogen (secondary N) is 4. The Morgan fingerprint density at radius 2 is 1.31 bits per heavy atom. The molecule has 4 N–H and O–H groups in total. The van der Waals surface area contributed by atoms with Gasteiger partial charge in [0.15, 0.2) is 0 Å². The summed E-state index contributed by atoms with van der Waals surface area (Å²) in [5.41, 5.74) is 3.09. The van der Waals surface area contributed by atoms with Gasteiger partial charge in [-0.25, -0.2) is 0 Å². The lowest BCUT2D eigenvalue weighted by atomic mass is 9.95. The Kier molecular flexibility index (Phi) is 8.12. The summed E-state index contributed by atoms with van der Waals surface area (Å²) in [6, 6.07) is 23.3. The Labute approximate surface area is 205 Å². The third kappa shape index (κ3) is 7.17. The topological polar surface area (TPSA) is 99.3 Å². The third-order valence-corrected chi connectivity index (χ3v) is 5.98. The smallest absolute Gasteiger partial charge is 0.255 e. The summed E-state index contributed by atoms with van der Waals surface area (Å²) in [7, 11) is 0. The second-order valence-corrected chi connectivity index (χ2v) is 8.69. The first-order chi connectivity index (χ1) is 17.1. The summed E-state index contributed by atoms with van der Waals surface area (Å²) in [5, 5.41) is 11.8. The fourth-order valence-corrected chi connectivity index (χ4v) is 4.11. The molecule has 0 spiro atoms. The zero-order valence-electron chi connectivity index (χ0n) is 19.6. The van der Waals surface area contributed by atoms with E-state index in [4.69, 9.17) is 0 Å². The van der Waals surface area contributed by atoms with Crippen molar-refractivity contribution in [1.82, 2.24) is 5.32 Å². The van der Waals surface area contributed by atoms with Crippen LogP contribution in [-0.4, -0.2) is 30.3 Å². The lowest BCUT2D eigenvalue weighted by Gasteiger charge is -2.22. The molecular weight excluding hydrogens is 440 g/mol. The van der Waals surface area contributed by atoms with Gasteiger partial charge in [-0.05, 0) is 67.4 Å². The summed E-state index contributed by atoms with van der Waals surface area (Å²) in [4.78, 5) is 37.2. The van der Waals surface area contributed by atoms with E-state index in [-0.39, 0.29) is 30.3 Å². The van der Waals surface area contributed by atoms with Crippen LogP contribution in [0.3, 0.4) is 0 Å². The van der Waals surface area contributed by atoms with Gasteiger partial charge in [0.25, 0.3) is 11.8 Å². The van der Waals surface area contributed by atoms with Crippen molar-refractivity contribution in [3.05, 3.63) is 90.0 Å². The predicted molar refractivity (Wildman–Crippen MR) is 139 cm³/mol. The van der Waals surface area contributed by atoms with Gasteiger partial charge in [0.05, 0.1) is 6.54 Å². The number of hydrogen-bond donors (Lipinski definition) is 4. The van der Waals surface area contributed by atoms with Crippen LogP contribution in [0, 0.1) is 0 Å². The molecule has 1 fully saturated rings. The van der Waals surface area contributed by atoms with Crippen LogP contribution in [0.1, 0.15) is 52.8 Å². The Morgan fingerprint density at radius 3 is 2.03 bits per heavy atom. The average Bonchev–Trinajstić information content (AvgIpc) is 2.89. The van der Waals surface area contributed by atoms with Crippen molar-refractivity contribution in [2.24, 2.45) is 0 Å². The summed E-state index contributed by atoms with van der Waals surface area (Å²) < 4.78 is 0. The summed E-state index contributed by atoms with van der Waals surface area (Å²) in [5.74, 6) is -0.498. The molecule has 0 heterocycles. The predicted octanol–water partition coefficient (Wildman–Crippen LogP) is 5.05. The molecule has 0 aliphatic heterocycles. The van der Waals surface area contributed by atoms with Crippen molar-refractivity contribution >= 4 is 34.8 Å². The maximum absolute atomic E-state index is 12.4. The van der Waals surface area contributed by atoms with E-state index >= 15 is 0 Å². The zero-order valence-corrected chi connectivity index (χ0v) is 19.6. The molecule has 35 heavy (non-hydrogen) atoms. The van der Waals surface area contributed by atoms with Crippen molar-refractivity contribution < 1.29 is 14.4 Å². The highest BCUT2D eigenvalue weighted by molar-refractivity contribution is 6.04. The third-order valence-electron chi connectivity index (χ3n) is 5.98. The molecule has 0 aromatic heterocycles. The molecule has 0 bridgehead atoms. The van der Waals surface area contributed by atoms with Gasteiger partial charge in [-0.2, -0.15) is 0 Å². The van der Waals surface area contributed by atoms with Gasteiger partial charge < -0.3 is 21.3 Å². The number of carbonyl (C=O) groups is 3. The normalized spacial score (nSPS) is 13.5. The van der Waals surface area contributed by atoms with E-state index in [0.717, 1.165) is 18.5 Å². The first-order valence-corrected chi connectivity index (χ1v) is 12.0. The van der Waals surface area contributed by atoms with Crippen molar-refractivity contribution in [1.29, 1.82) is 0 Å². The molecule has 1 aliphatic carbocycles. The maximum Gasteiger partial charge on any atom is 0.255 e. The van der Waals surface area contributed by atoms with Crippen LogP contribution in [0.4, 0.5) is 17.1 Å². The standard InChI is InChI=1S/C28H30N4O3/c33-26(30-24-12-7-13-25(18-24)32-27(34)20-8-3-1-4-9-20)19-29-22-16-14-21(15-17-22)28(35)31-23-10-5-2-6-11-23/h1,3-4,7-9,12-18,23,29H,2,5-6,10-11,19H2,(H,30,33)(H,31,35)(H,32,34). The van der Waals surface area contributed by atoms with Crippen LogP contribution in [0.5, 0.6) is 0 Å². The molecule has 7 heteroatoms. The second-order valence-electron chi connectivity index (χ2n) is 8.69. The van der Waals surface area contributed by atoms with Gasteiger partial charge in [0, 0.05) is 34.2 Å². The lowest BCUT2D eigenvalue weighted by Crippen LogP contribution is -2.36. The van der Waals surface area contributed by atoms with Crippen LogP contribution in [0.15, 0.2) is 78.9 Å². The molecule has 3 amide bonds. The first kappa shape index (κ1) is 24.0. The van der Waals surface area contributed by atoms with Crippen LogP contribution in [0.25, 0.3) is 0 Å². The van der Waals surface area contributed by atoms with E-state index in [1.54, 1.807) is 72.8 Å². The second kappa shape index (κ2) is 11.8. The van der Waals surface area contributed by atoms with Crippen molar-refractivity contribution in [3.8, 4) is 0 Å². The van der Waals surface area contributed by atoms with E-state index < -0.39 is 0 Å². The maximum atomic E-state index is 12.4. The fraction of sp³-hybridized carbons (Fsp3) is 0.250. The molecule has 0 saturated heterocycles. The van der Waals surface area contributed by atoms with Crippen molar-refractivity contribution in [2.45, 2.75) is 38.1 Å². The Hall–Kier alpha value is -4.13. The van der Waals surface area contributed by atoms with Gasteiger partial charge >= 0.3 is 0 Å². The number of amides is 3. The molecule has 3 aromatic carbocycles. The molecule has 1 aliphatic rings. The zero-order chi connectivity index (χ0) is 24.5. The quantitative estimate of drug-likeness (QED) is 0.370. The molecule has 7 nitrogen and oxygen atoms in total. The number of carbonyl (C=O) groups excluding carboxylic acids is 3. The SMILES string of the molecule is O=C(CNc1ccc(C(=O)NC2CCCCC2)cc1)Nc1cccc(NC(=O)c2ccccc2)c1. The van der Waals surface area contributed by atoms with E-state index in [1.807, 2.05) is 6.07 Å². The molecule has 4 rings (SSSR count). The monoisotopic (exact) mass is 470 g/mol. The van der Waals surface area contributed by atoms with Crippen LogP contribution >= 0.6 is 0 Å². The van der Waals surface area contributed by atoms with Crippen molar-refractivity contribution in [2.75, 3.05) is 22.5 Å². The number of anilines is 3. The Balaban J connectivity index is 1.25. The molecule has 1 saturated carbocycles. The van der Waals surface area contributed by atoms with E-state index in [2.05, 4.69) is 21.3 Å². The summed E-state index contributed by atoms with van der Waals surface area (Å²) in [6.07, 6.45) is 5.67. The molecular formula is C28H30N4O3. The number of rotatable bonds is 8. The Morgan fingerprint density at radius 1 is 0.657 bits per heavy atom. The highest BCUT2D eigenvalue weighted by Crippen LogP contribution is 2.19. The minimum Gasteiger partial charge on any atom is -0.376 e. The molecule has 0 radical (unpaired) electrons. The number of hydrogen-bond acceptors (Lipinski definition) is 4. The summed E-state index contributed by atoms with van der Waals surface area (Å²) >= 11 is 0. The first-order valence-electron chi connectivity index (χ1n) is 12.0. The molecule has 180 valence electrons. The molecule has 3 aromatic rings. The van der Waals surface area contributed by atoms with Crippen LogP contribution in [0.2, 0.25) is 0 Å². The minimum absolute atomic E-state index is 0.0552. The van der Waals surface area contributed by atoms with Gasteiger partial charge in [0.1, 0.15) is 0 Å². The van der Waals surface area contributed by atoms with Gasteiger partial charge in [-0.1, -0.05) is 43.5 Å². The minimum atomic E-state index is -0.226. The van der Waals surface area contributed by atoms with E-state index in [9.17, 15) is 14.4 Å². The van der Waals surface area contributed by atoms with Gasteiger partial charge in [-0.3, -0.25) is 14.4 Å². The molecule has 0 unspecified atom stereocenters. The lowest BCUT2D eigenvalue weighted by molar-refractivity contribution is -0.114. The van der Waals surface area contributed by atoms with Crippen LogP contribution in [-0.2, 0) is 4.79 Å². The van der Waals surface area contributed by atoms with E-state index in [0.29, 0.717) is 22.5 Å². The van der Waals surface area contributed by atoms with Gasteiger partial charge in [0.2, 0.25) is 5.91 Å². The summed E-state index contributed by atoms with van der Waals surface area (Å²) in [6.45, 7) is 0.0637. The van der Waals surface area contributed by atoms with Gasteiger partial charge in [-0.15, -0.1) is 0 Å². The average molecular weight is 471 g/mol. The fourth-order valence-electron chi connectivity index (χ4n) is 4.11. The van der Waals surface area contributed by atoms with Crippen molar-refractivity contribution in [3.63, 3.8) is 0 Å². The van der Waals surface area contributed by atoms with Crippen LogP contribution < -0.4 is 21.3 Å².